The molecule has 7 nitrogen and oxygen atoms in total. The molecule has 178 valence electrons. The second-order valence-corrected chi connectivity index (χ2v) is 9.78. The Bertz CT molecular complexity index is 1390. The van der Waals surface area contributed by atoms with E-state index in [4.69, 9.17) is 9.29 Å². The smallest absolute Gasteiger partial charge is 0.262 e. The summed E-state index contributed by atoms with van der Waals surface area (Å²) in [6, 6.07) is 22.2. The van der Waals surface area contributed by atoms with Crippen LogP contribution in [0.5, 0.6) is 0 Å². The zero-order valence-electron chi connectivity index (χ0n) is 19.1. The zero-order valence-corrected chi connectivity index (χ0v) is 19.9. The average Bonchev–Trinajstić information content (AvgIpc) is 3.20. The highest BCUT2D eigenvalue weighted by Crippen LogP contribution is 2.26. The first-order valence-corrected chi connectivity index (χ1v) is 13.0. The van der Waals surface area contributed by atoms with Crippen molar-refractivity contribution in [2.75, 3.05) is 39.1 Å². The molecular formula is C26H28N2O5S. The standard InChI is InChI=1S/C25H24N2O2.CH4O3S/c28-25(23-10-5-7-19-6-1-2-8-21(19)23)27-18-20(22-9-3-4-11-24(22)27)12-13-26-14-16-29-17-15-26;1-5(2,3)4/h1-11,18H,12-17H2;1H3,(H,2,3,4). The number of fused-ring (bicyclic) bond motifs is 2. The second-order valence-electron chi connectivity index (χ2n) is 8.31. The van der Waals surface area contributed by atoms with E-state index in [1.165, 1.54) is 5.56 Å². The van der Waals surface area contributed by atoms with E-state index in [0.717, 1.165) is 66.5 Å². The monoisotopic (exact) mass is 480 g/mol. The summed E-state index contributed by atoms with van der Waals surface area (Å²) in [5, 5.41) is 3.24. The Balaban J connectivity index is 0.000000499. The van der Waals surface area contributed by atoms with E-state index >= 15 is 0 Å². The van der Waals surface area contributed by atoms with Crippen LogP contribution in [-0.4, -0.2) is 67.4 Å². The molecule has 34 heavy (non-hydrogen) atoms. The highest BCUT2D eigenvalue weighted by Gasteiger charge is 2.18. The zero-order chi connectivity index (χ0) is 24.1. The molecule has 1 aliphatic rings. The maximum absolute atomic E-state index is 13.5. The van der Waals surface area contributed by atoms with Gasteiger partial charge >= 0.3 is 0 Å². The number of rotatable bonds is 4. The molecule has 0 saturated carbocycles. The van der Waals surface area contributed by atoms with Crippen molar-refractivity contribution >= 4 is 37.7 Å². The van der Waals surface area contributed by atoms with Gasteiger partial charge in [-0.25, -0.2) is 0 Å². The molecule has 3 aromatic carbocycles. The van der Waals surface area contributed by atoms with Gasteiger partial charge < -0.3 is 4.74 Å². The Hall–Kier alpha value is -3.04. The molecule has 5 rings (SSSR count). The van der Waals surface area contributed by atoms with E-state index < -0.39 is 10.1 Å². The van der Waals surface area contributed by atoms with Gasteiger partial charge in [-0.05, 0) is 34.9 Å². The van der Waals surface area contributed by atoms with Crippen molar-refractivity contribution in [3.63, 3.8) is 0 Å². The first kappa shape index (κ1) is 24.1. The van der Waals surface area contributed by atoms with Crippen LogP contribution in [0.15, 0.2) is 72.9 Å². The van der Waals surface area contributed by atoms with Crippen molar-refractivity contribution in [1.82, 2.24) is 9.47 Å². The van der Waals surface area contributed by atoms with Gasteiger partial charge in [-0.15, -0.1) is 0 Å². The van der Waals surface area contributed by atoms with Crippen molar-refractivity contribution < 1.29 is 22.5 Å². The number of hydrogen-bond acceptors (Lipinski definition) is 5. The van der Waals surface area contributed by atoms with Gasteiger partial charge in [0.15, 0.2) is 0 Å². The second kappa shape index (κ2) is 10.5. The lowest BCUT2D eigenvalue weighted by Gasteiger charge is -2.26. The maximum Gasteiger partial charge on any atom is 0.262 e. The fourth-order valence-corrected chi connectivity index (χ4v) is 4.26. The van der Waals surface area contributed by atoms with Crippen molar-refractivity contribution in [3.05, 3.63) is 84.1 Å². The summed E-state index contributed by atoms with van der Waals surface area (Å²) in [5.74, 6) is 0.0237. The predicted octanol–water partition coefficient (Wildman–Crippen LogP) is 3.86. The summed E-state index contributed by atoms with van der Waals surface area (Å²) in [6.07, 6.45) is 3.68. The highest BCUT2D eigenvalue weighted by molar-refractivity contribution is 7.85. The van der Waals surface area contributed by atoms with Crippen LogP contribution >= 0.6 is 0 Å². The number of aromatic nitrogens is 1. The number of carbonyl (C=O) groups is 1. The van der Waals surface area contributed by atoms with Gasteiger partial charge in [0.05, 0.1) is 25.0 Å². The number of nitrogens with zero attached hydrogens (tertiary/aromatic N) is 2. The third-order valence-electron chi connectivity index (χ3n) is 5.83. The molecule has 0 aliphatic carbocycles. The molecule has 1 saturated heterocycles. The molecular weight excluding hydrogens is 452 g/mol. The molecule has 1 aromatic heterocycles. The van der Waals surface area contributed by atoms with Crippen LogP contribution in [0.3, 0.4) is 0 Å². The highest BCUT2D eigenvalue weighted by atomic mass is 32.2. The quantitative estimate of drug-likeness (QED) is 0.446. The SMILES string of the molecule is CS(=O)(=O)O.O=C(c1cccc2ccccc12)n1cc(CCN2CCOCC2)c2ccccc21. The minimum absolute atomic E-state index is 0.0237. The molecule has 0 amide bonds. The summed E-state index contributed by atoms with van der Waals surface area (Å²) >= 11 is 0. The molecule has 0 bridgehead atoms. The fraction of sp³-hybridized carbons (Fsp3) is 0.269. The normalized spacial score (nSPS) is 14.6. The number of carbonyl (C=O) groups excluding carboxylic acids is 1. The number of para-hydroxylation sites is 1. The summed E-state index contributed by atoms with van der Waals surface area (Å²) in [6.45, 7) is 4.56. The lowest BCUT2D eigenvalue weighted by atomic mass is 10.0. The molecule has 4 aromatic rings. The van der Waals surface area contributed by atoms with E-state index in [1.807, 2.05) is 71.4 Å². The third kappa shape index (κ3) is 5.90. The van der Waals surface area contributed by atoms with Gasteiger partial charge in [-0.2, -0.15) is 8.42 Å². The van der Waals surface area contributed by atoms with Gasteiger partial charge in [-0.1, -0.05) is 54.6 Å². The van der Waals surface area contributed by atoms with E-state index in [9.17, 15) is 13.2 Å². The van der Waals surface area contributed by atoms with Crippen molar-refractivity contribution in [2.45, 2.75) is 6.42 Å². The largest absolute Gasteiger partial charge is 0.379 e. The Labute approximate surface area is 199 Å². The molecule has 2 heterocycles. The van der Waals surface area contributed by atoms with Crippen LogP contribution in [0.4, 0.5) is 0 Å². The summed E-state index contributed by atoms with van der Waals surface area (Å²) < 4.78 is 33.1. The van der Waals surface area contributed by atoms with Gasteiger partial charge in [-0.3, -0.25) is 18.8 Å². The van der Waals surface area contributed by atoms with Crippen molar-refractivity contribution in [3.8, 4) is 0 Å². The van der Waals surface area contributed by atoms with E-state index in [1.54, 1.807) is 0 Å². The van der Waals surface area contributed by atoms with Crippen LogP contribution in [0.2, 0.25) is 0 Å². The van der Waals surface area contributed by atoms with Crippen LogP contribution in [0.1, 0.15) is 15.9 Å². The number of ether oxygens (including phenoxy) is 1. The van der Waals surface area contributed by atoms with E-state index in [-0.39, 0.29) is 5.91 Å². The minimum atomic E-state index is -3.67. The van der Waals surface area contributed by atoms with Crippen LogP contribution in [0, 0.1) is 0 Å². The maximum atomic E-state index is 13.5. The van der Waals surface area contributed by atoms with Crippen LogP contribution < -0.4 is 0 Å². The molecule has 0 spiro atoms. The summed E-state index contributed by atoms with van der Waals surface area (Å²) in [5.41, 5.74) is 2.94. The molecule has 0 atom stereocenters. The molecule has 0 radical (unpaired) electrons. The average molecular weight is 481 g/mol. The van der Waals surface area contributed by atoms with Gasteiger partial charge in [0.1, 0.15) is 0 Å². The Morgan fingerprint density at radius 2 is 1.56 bits per heavy atom. The molecule has 0 unspecified atom stereocenters. The number of hydrogen-bond donors (Lipinski definition) is 1. The summed E-state index contributed by atoms with van der Waals surface area (Å²) in [7, 11) is -3.67. The number of benzene rings is 3. The van der Waals surface area contributed by atoms with Crippen molar-refractivity contribution in [1.29, 1.82) is 0 Å². The Morgan fingerprint density at radius 1 is 0.941 bits per heavy atom. The Kier molecular flexibility index (Phi) is 7.43. The molecule has 1 N–H and O–H groups in total. The molecule has 8 heteroatoms. The fourth-order valence-electron chi connectivity index (χ4n) is 4.26. The lowest BCUT2D eigenvalue weighted by molar-refractivity contribution is 0.0385. The van der Waals surface area contributed by atoms with Crippen molar-refractivity contribution in [2.24, 2.45) is 0 Å². The van der Waals surface area contributed by atoms with Crippen LogP contribution in [0.25, 0.3) is 21.7 Å². The third-order valence-corrected chi connectivity index (χ3v) is 5.83. The first-order valence-electron chi connectivity index (χ1n) is 11.2. The topological polar surface area (TPSA) is 88.8 Å². The van der Waals surface area contributed by atoms with Crippen LogP contribution in [-0.2, 0) is 21.3 Å². The van der Waals surface area contributed by atoms with Gasteiger partial charge in [0.2, 0.25) is 0 Å². The minimum Gasteiger partial charge on any atom is -0.379 e. The predicted molar refractivity (Wildman–Crippen MR) is 134 cm³/mol. The van der Waals surface area contributed by atoms with E-state index in [0.29, 0.717) is 6.26 Å². The number of morpholine rings is 1. The van der Waals surface area contributed by atoms with Gasteiger partial charge in [0.25, 0.3) is 16.0 Å². The molecule has 1 fully saturated rings. The lowest BCUT2D eigenvalue weighted by Crippen LogP contribution is -2.37. The first-order chi connectivity index (χ1) is 16.3. The summed E-state index contributed by atoms with van der Waals surface area (Å²) in [4.78, 5) is 16.0. The Morgan fingerprint density at radius 3 is 2.29 bits per heavy atom. The van der Waals surface area contributed by atoms with E-state index in [2.05, 4.69) is 11.0 Å². The molecule has 1 aliphatic heterocycles. The van der Waals surface area contributed by atoms with Gasteiger partial charge in [0, 0.05) is 36.8 Å².